The molecule has 4 rings (SSSR count). The molecule has 0 spiro atoms. The van der Waals surface area contributed by atoms with Gasteiger partial charge in [0, 0.05) is 25.6 Å². The van der Waals surface area contributed by atoms with Crippen LogP contribution in [0.2, 0.25) is 0 Å². The van der Waals surface area contributed by atoms with E-state index in [0.29, 0.717) is 13.0 Å². The highest BCUT2D eigenvalue weighted by Crippen LogP contribution is 2.55. The average Bonchev–Trinajstić information content (AvgIpc) is 2.99. The molecule has 16 nitrogen and oxygen atoms in total. The van der Waals surface area contributed by atoms with E-state index in [2.05, 4.69) is 0 Å². The maximum atomic E-state index is 11.4. The van der Waals surface area contributed by atoms with Gasteiger partial charge in [-0.2, -0.15) is 0 Å². The maximum absolute atomic E-state index is 11.4. The monoisotopic (exact) mass is 615 g/mol. The number of fused-ring (bicyclic) bond motifs is 2. The van der Waals surface area contributed by atoms with Gasteiger partial charge in [-0.15, -0.1) is 0 Å². The first-order valence-electron chi connectivity index (χ1n) is 14.4. The predicted molar refractivity (Wildman–Crippen MR) is 141 cm³/mol. The van der Waals surface area contributed by atoms with E-state index in [1.807, 2.05) is 0 Å². The first-order valence-corrected chi connectivity index (χ1v) is 14.4. The van der Waals surface area contributed by atoms with Crippen LogP contribution in [0.4, 0.5) is 0 Å². The van der Waals surface area contributed by atoms with Gasteiger partial charge >= 0.3 is 0 Å². The zero-order valence-corrected chi connectivity index (χ0v) is 23.9. The van der Waals surface area contributed by atoms with Crippen LogP contribution in [-0.4, -0.2) is 176 Å². The lowest BCUT2D eigenvalue weighted by atomic mass is 9.60. The third kappa shape index (κ3) is 6.64. The highest BCUT2D eigenvalue weighted by molar-refractivity contribution is 5.23. The highest BCUT2D eigenvalue weighted by Gasteiger charge is 2.76. The van der Waals surface area contributed by atoms with Gasteiger partial charge in [-0.1, -0.05) is 6.92 Å². The average molecular weight is 616 g/mol. The van der Waals surface area contributed by atoms with Gasteiger partial charge in [-0.05, 0) is 25.8 Å². The molecule has 12 N–H and O–H groups in total. The lowest BCUT2D eigenvalue weighted by molar-refractivity contribution is -0.447. The predicted octanol–water partition coefficient (Wildman–Crippen LogP) is -5.47. The summed E-state index contributed by atoms with van der Waals surface area (Å²) in [4.78, 5) is 0. The van der Waals surface area contributed by atoms with Crippen LogP contribution in [0.25, 0.3) is 0 Å². The lowest BCUT2D eigenvalue weighted by Crippen LogP contribution is -2.87. The first-order chi connectivity index (χ1) is 20.0. The molecule has 4 fully saturated rings. The number of rotatable bonds is 17. The summed E-state index contributed by atoms with van der Waals surface area (Å²) in [5, 5.41) is 104. The number of hydrogen-bond donors (Lipinski definition) is 11. The van der Waals surface area contributed by atoms with Crippen molar-refractivity contribution in [1.82, 2.24) is 0 Å². The third-order valence-corrected chi connectivity index (χ3v) is 8.90. The Morgan fingerprint density at radius 3 is 2.14 bits per heavy atom. The first kappa shape index (κ1) is 35.8. The molecule has 2 bridgehead atoms. The van der Waals surface area contributed by atoms with Crippen LogP contribution >= 0.6 is 0 Å². The Morgan fingerprint density at radius 2 is 1.57 bits per heavy atom. The van der Waals surface area contributed by atoms with E-state index >= 15 is 0 Å². The molecule has 4 aliphatic rings. The van der Waals surface area contributed by atoms with Crippen LogP contribution in [0.5, 0.6) is 0 Å². The quantitative estimate of drug-likeness (QED) is 0.0538. The van der Waals surface area contributed by atoms with Crippen molar-refractivity contribution in [2.45, 2.75) is 111 Å². The van der Waals surface area contributed by atoms with Gasteiger partial charge in [0.2, 0.25) is 0 Å². The van der Waals surface area contributed by atoms with Crippen LogP contribution < -0.4 is 5.73 Å². The van der Waals surface area contributed by atoms with Crippen molar-refractivity contribution in [3.8, 4) is 0 Å². The SMILES string of the molecule is COC(OC1C(O)C(CO)C2(C3OC(CO)C(O)C(O)C3O)OC1C2OCCCCCN)C(O)C(O)C(C)[C@H](O)CO. The van der Waals surface area contributed by atoms with E-state index in [1.165, 1.54) is 14.0 Å². The Balaban J connectivity index is 1.91. The molecule has 16 heteroatoms. The van der Waals surface area contributed by atoms with Crippen molar-refractivity contribution in [2.24, 2.45) is 17.6 Å². The minimum absolute atomic E-state index is 0.177. The molecular formula is C26H49NO15. The van der Waals surface area contributed by atoms with Gasteiger partial charge in [0.25, 0.3) is 0 Å². The number of aliphatic hydroxyl groups is 10. The summed E-state index contributed by atoms with van der Waals surface area (Å²) in [6, 6.07) is 0. The molecule has 3 aliphatic heterocycles. The Hall–Kier alpha value is -0.640. The Bertz CT molecular complexity index is 812. The molecule has 0 aromatic rings. The van der Waals surface area contributed by atoms with E-state index < -0.39 is 117 Å². The van der Waals surface area contributed by atoms with Gasteiger partial charge in [0.15, 0.2) is 6.29 Å². The summed E-state index contributed by atoms with van der Waals surface area (Å²) in [5.74, 6) is -2.26. The second kappa shape index (κ2) is 15.6. The molecule has 16 atom stereocenters. The number of ether oxygens (including phenoxy) is 5. The van der Waals surface area contributed by atoms with Crippen LogP contribution in [0, 0.1) is 11.8 Å². The van der Waals surface area contributed by atoms with E-state index in [1.54, 1.807) is 0 Å². The zero-order chi connectivity index (χ0) is 31.4. The minimum atomic E-state index is -1.76. The van der Waals surface area contributed by atoms with Crippen molar-refractivity contribution in [3.63, 3.8) is 0 Å². The molecule has 3 saturated heterocycles. The minimum Gasteiger partial charge on any atom is -0.396 e. The number of methoxy groups -OCH3 is 1. The van der Waals surface area contributed by atoms with Crippen molar-refractivity contribution in [3.05, 3.63) is 0 Å². The number of hydrogen-bond acceptors (Lipinski definition) is 16. The second-order valence-electron chi connectivity index (χ2n) is 11.4. The van der Waals surface area contributed by atoms with Crippen LogP contribution in [0.1, 0.15) is 26.2 Å². The standard InChI is InChI=1S/C26H49NO15/c1-11(13(31)9-29)15(32)20(37)25(38-2)41-21-16(33)12(8-28)26(23-19(36)18(35)17(34)14(10-30)40-23)24(22(21)42-26)39-7-5-3-4-6-27/h11-25,28-37H,3-10,27H2,1-2H3/t11?,12?,13-,14?,15?,16?,17?,18?,19?,20?,21?,22?,23?,24?,25?,26?/m1/s1. The van der Waals surface area contributed by atoms with E-state index in [4.69, 9.17) is 29.4 Å². The van der Waals surface area contributed by atoms with Gasteiger partial charge in [-0.3, -0.25) is 0 Å². The van der Waals surface area contributed by atoms with E-state index in [9.17, 15) is 51.1 Å². The molecule has 15 unspecified atom stereocenters. The molecule has 3 heterocycles. The number of aliphatic hydroxyl groups excluding tert-OH is 10. The maximum Gasteiger partial charge on any atom is 0.186 e. The molecule has 0 aromatic heterocycles. The fraction of sp³-hybridized carbons (Fsp3) is 1.00. The van der Waals surface area contributed by atoms with Crippen molar-refractivity contribution < 1.29 is 74.7 Å². The van der Waals surface area contributed by atoms with Gasteiger partial charge in [0.1, 0.15) is 60.5 Å². The van der Waals surface area contributed by atoms with Crippen LogP contribution in [-0.2, 0) is 23.7 Å². The normalized spacial score (nSPS) is 41.9. The summed E-state index contributed by atoms with van der Waals surface area (Å²) in [6.07, 6.45) is -17.1. The van der Waals surface area contributed by atoms with Gasteiger partial charge in [-0.25, -0.2) is 0 Å². The molecule has 0 amide bonds. The summed E-state index contributed by atoms with van der Waals surface area (Å²) in [7, 11) is 1.18. The molecule has 0 radical (unpaired) electrons. The topological polar surface area (TPSA) is 274 Å². The highest BCUT2D eigenvalue weighted by atomic mass is 16.7. The number of nitrogens with two attached hydrogens (primary N) is 1. The summed E-state index contributed by atoms with van der Waals surface area (Å²) < 4.78 is 29.3. The summed E-state index contributed by atoms with van der Waals surface area (Å²) in [6.45, 7) is -0.0447. The van der Waals surface area contributed by atoms with E-state index in [-0.39, 0.29) is 6.61 Å². The Kier molecular flexibility index (Phi) is 13.3. The Morgan fingerprint density at radius 1 is 0.881 bits per heavy atom. The Labute approximate surface area is 244 Å². The van der Waals surface area contributed by atoms with Crippen molar-refractivity contribution in [1.29, 1.82) is 0 Å². The van der Waals surface area contributed by atoms with Gasteiger partial charge < -0.3 is 80.5 Å². The number of unbranched alkanes of at least 4 members (excludes halogenated alkanes) is 2. The fourth-order valence-electron chi connectivity index (χ4n) is 6.25. The molecule has 0 aromatic carbocycles. The second-order valence-corrected chi connectivity index (χ2v) is 11.4. The van der Waals surface area contributed by atoms with Gasteiger partial charge in [0.05, 0.1) is 38.1 Å². The molecule has 1 aliphatic carbocycles. The third-order valence-electron chi connectivity index (χ3n) is 8.90. The zero-order valence-electron chi connectivity index (χ0n) is 23.9. The summed E-state index contributed by atoms with van der Waals surface area (Å²) in [5.41, 5.74) is 3.82. The molecule has 42 heavy (non-hydrogen) atoms. The molecular weight excluding hydrogens is 566 g/mol. The van der Waals surface area contributed by atoms with Crippen LogP contribution in [0.15, 0.2) is 0 Å². The smallest absolute Gasteiger partial charge is 0.186 e. The largest absolute Gasteiger partial charge is 0.396 e. The van der Waals surface area contributed by atoms with Crippen molar-refractivity contribution >= 4 is 0 Å². The van der Waals surface area contributed by atoms with Crippen molar-refractivity contribution in [2.75, 3.05) is 40.1 Å². The van der Waals surface area contributed by atoms with E-state index in [0.717, 1.165) is 12.8 Å². The summed E-state index contributed by atoms with van der Waals surface area (Å²) >= 11 is 0. The molecule has 248 valence electrons. The van der Waals surface area contributed by atoms with Crippen LogP contribution in [0.3, 0.4) is 0 Å². The molecule has 1 saturated carbocycles. The fourth-order valence-corrected chi connectivity index (χ4v) is 6.25. The lowest BCUT2D eigenvalue weighted by Gasteiger charge is -2.68.